The minimum Gasteiger partial charge on any atom is -0.339 e. The summed E-state index contributed by atoms with van der Waals surface area (Å²) >= 11 is 0. The van der Waals surface area contributed by atoms with Crippen molar-refractivity contribution in [1.29, 1.82) is 0 Å². The van der Waals surface area contributed by atoms with Crippen LogP contribution in [-0.2, 0) is 19.4 Å². The van der Waals surface area contributed by atoms with E-state index in [0.29, 0.717) is 24.9 Å². The SMILES string of the molecule is C=CCn1c(C)c(C)c2cnnc(CCc3ccc(F)cc3F)c21. The van der Waals surface area contributed by atoms with E-state index in [4.69, 9.17) is 0 Å². The van der Waals surface area contributed by atoms with Gasteiger partial charge in [0, 0.05) is 23.7 Å². The van der Waals surface area contributed by atoms with Gasteiger partial charge in [-0.05, 0) is 43.9 Å². The van der Waals surface area contributed by atoms with E-state index >= 15 is 0 Å². The molecule has 24 heavy (non-hydrogen) atoms. The van der Waals surface area contributed by atoms with Gasteiger partial charge in [0.15, 0.2) is 0 Å². The molecule has 3 nitrogen and oxygen atoms in total. The molecule has 5 heteroatoms. The van der Waals surface area contributed by atoms with Crippen LogP contribution in [0.25, 0.3) is 10.9 Å². The van der Waals surface area contributed by atoms with Gasteiger partial charge in [0.05, 0.1) is 17.4 Å². The minimum absolute atomic E-state index is 0.442. The van der Waals surface area contributed by atoms with Crippen molar-refractivity contribution < 1.29 is 8.78 Å². The van der Waals surface area contributed by atoms with E-state index in [1.165, 1.54) is 12.1 Å². The Balaban J connectivity index is 2.00. The highest BCUT2D eigenvalue weighted by molar-refractivity contribution is 5.86. The topological polar surface area (TPSA) is 30.7 Å². The smallest absolute Gasteiger partial charge is 0.129 e. The van der Waals surface area contributed by atoms with Crippen LogP contribution in [0.4, 0.5) is 8.78 Å². The molecule has 0 radical (unpaired) electrons. The maximum absolute atomic E-state index is 13.8. The fourth-order valence-corrected chi connectivity index (χ4v) is 3.06. The number of hydrogen-bond donors (Lipinski definition) is 0. The van der Waals surface area contributed by atoms with Crippen molar-refractivity contribution in [2.24, 2.45) is 0 Å². The number of allylic oxidation sites excluding steroid dienone is 1. The molecule has 0 spiro atoms. The highest BCUT2D eigenvalue weighted by Crippen LogP contribution is 2.27. The fraction of sp³-hybridized carbons (Fsp3) is 0.263. The molecule has 0 amide bonds. The van der Waals surface area contributed by atoms with E-state index < -0.39 is 11.6 Å². The molecule has 2 heterocycles. The second-order valence-corrected chi connectivity index (χ2v) is 5.90. The Morgan fingerprint density at radius 3 is 2.71 bits per heavy atom. The van der Waals surface area contributed by atoms with Crippen molar-refractivity contribution in [3.63, 3.8) is 0 Å². The van der Waals surface area contributed by atoms with Gasteiger partial charge in [-0.3, -0.25) is 0 Å². The Bertz CT molecular complexity index is 913. The van der Waals surface area contributed by atoms with Crippen LogP contribution in [0.5, 0.6) is 0 Å². The number of fused-ring (bicyclic) bond motifs is 1. The van der Waals surface area contributed by atoms with E-state index in [9.17, 15) is 8.78 Å². The van der Waals surface area contributed by atoms with Crippen LogP contribution in [0.15, 0.2) is 37.1 Å². The third-order valence-electron chi connectivity index (χ3n) is 4.47. The summed E-state index contributed by atoms with van der Waals surface area (Å²) in [5.74, 6) is -1.09. The first-order valence-electron chi connectivity index (χ1n) is 7.87. The summed E-state index contributed by atoms with van der Waals surface area (Å²) in [6.45, 7) is 8.61. The third kappa shape index (κ3) is 2.82. The molecule has 0 atom stereocenters. The lowest BCUT2D eigenvalue weighted by atomic mass is 10.1. The van der Waals surface area contributed by atoms with Crippen LogP contribution in [0.1, 0.15) is 22.5 Å². The second-order valence-electron chi connectivity index (χ2n) is 5.90. The van der Waals surface area contributed by atoms with E-state index in [0.717, 1.165) is 33.9 Å². The van der Waals surface area contributed by atoms with E-state index in [1.807, 2.05) is 6.08 Å². The molecule has 0 bridgehead atoms. The quantitative estimate of drug-likeness (QED) is 0.654. The molecule has 124 valence electrons. The van der Waals surface area contributed by atoms with Gasteiger partial charge in [-0.15, -0.1) is 6.58 Å². The molecule has 0 unspecified atom stereocenters. The van der Waals surface area contributed by atoms with Crippen molar-refractivity contribution >= 4 is 10.9 Å². The van der Waals surface area contributed by atoms with Gasteiger partial charge in [0.25, 0.3) is 0 Å². The number of aromatic nitrogens is 3. The van der Waals surface area contributed by atoms with Crippen molar-refractivity contribution in [2.75, 3.05) is 0 Å². The van der Waals surface area contributed by atoms with E-state index in [2.05, 4.69) is 35.2 Å². The van der Waals surface area contributed by atoms with Crippen LogP contribution < -0.4 is 0 Å². The fourth-order valence-electron chi connectivity index (χ4n) is 3.06. The Hall–Kier alpha value is -2.56. The Kier molecular flexibility index (Phi) is 4.42. The first kappa shape index (κ1) is 16.3. The number of benzene rings is 1. The van der Waals surface area contributed by atoms with Crippen LogP contribution in [0.2, 0.25) is 0 Å². The number of halogens is 2. The van der Waals surface area contributed by atoms with Crippen LogP contribution in [0.3, 0.4) is 0 Å². The molecule has 0 aliphatic carbocycles. The molecule has 0 fully saturated rings. The zero-order valence-corrected chi connectivity index (χ0v) is 13.8. The van der Waals surface area contributed by atoms with Gasteiger partial charge in [-0.1, -0.05) is 12.1 Å². The summed E-state index contributed by atoms with van der Waals surface area (Å²) in [4.78, 5) is 0. The lowest BCUT2D eigenvalue weighted by Crippen LogP contribution is -2.04. The van der Waals surface area contributed by atoms with Gasteiger partial charge in [0.2, 0.25) is 0 Å². The molecule has 1 aromatic carbocycles. The summed E-state index contributed by atoms with van der Waals surface area (Å²) < 4.78 is 29.0. The third-order valence-corrected chi connectivity index (χ3v) is 4.47. The molecule has 2 aromatic heterocycles. The second kappa shape index (κ2) is 6.51. The lowest BCUT2D eigenvalue weighted by molar-refractivity contribution is 0.571. The maximum atomic E-state index is 13.8. The van der Waals surface area contributed by atoms with E-state index in [1.54, 1.807) is 6.20 Å². The van der Waals surface area contributed by atoms with Crippen LogP contribution >= 0.6 is 0 Å². The predicted octanol–water partition coefficient (Wildman–Crippen LogP) is 4.30. The van der Waals surface area contributed by atoms with Crippen molar-refractivity contribution in [3.05, 3.63) is 71.2 Å². The van der Waals surface area contributed by atoms with Crippen LogP contribution in [-0.4, -0.2) is 14.8 Å². The average Bonchev–Trinajstić information content (AvgIpc) is 2.80. The highest BCUT2D eigenvalue weighted by atomic mass is 19.1. The van der Waals surface area contributed by atoms with Crippen molar-refractivity contribution in [3.8, 4) is 0 Å². The van der Waals surface area contributed by atoms with Gasteiger partial charge >= 0.3 is 0 Å². The summed E-state index contributed by atoms with van der Waals surface area (Å²) in [7, 11) is 0. The molecule has 3 rings (SSSR count). The number of nitrogens with zero attached hydrogens (tertiary/aromatic N) is 3. The lowest BCUT2D eigenvalue weighted by Gasteiger charge is -2.09. The minimum atomic E-state index is -0.566. The monoisotopic (exact) mass is 327 g/mol. The molecule has 0 saturated heterocycles. The van der Waals surface area contributed by atoms with Gasteiger partial charge in [-0.25, -0.2) is 8.78 Å². The van der Waals surface area contributed by atoms with E-state index in [-0.39, 0.29) is 0 Å². The highest BCUT2D eigenvalue weighted by Gasteiger charge is 2.15. The maximum Gasteiger partial charge on any atom is 0.129 e. The Morgan fingerprint density at radius 2 is 2.00 bits per heavy atom. The molecular weight excluding hydrogens is 308 g/mol. The molecule has 3 aromatic rings. The largest absolute Gasteiger partial charge is 0.339 e. The Morgan fingerprint density at radius 1 is 1.21 bits per heavy atom. The molecular formula is C19H19F2N3. The van der Waals surface area contributed by atoms with Crippen LogP contribution in [0, 0.1) is 25.5 Å². The number of rotatable bonds is 5. The Labute approximate surface area is 139 Å². The number of aryl methyl sites for hydroxylation is 3. The summed E-state index contributed by atoms with van der Waals surface area (Å²) in [5.41, 5.74) is 4.62. The molecule has 0 N–H and O–H groups in total. The summed E-state index contributed by atoms with van der Waals surface area (Å²) in [6, 6.07) is 3.67. The van der Waals surface area contributed by atoms with Gasteiger partial charge in [0.1, 0.15) is 11.6 Å². The van der Waals surface area contributed by atoms with Crippen molar-refractivity contribution in [2.45, 2.75) is 33.2 Å². The first-order valence-corrected chi connectivity index (χ1v) is 7.87. The normalized spacial score (nSPS) is 11.2. The first-order chi connectivity index (χ1) is 11.5. The molecule has 0 aliphatic rings. The molecule has 0 saturated carbocycles. The number of hydrogen-bond acceptors (Lipinski definition) is 2. The van der Waals surface area contributed by atoms with Gasteiger partial charge in [-0.2, -0.15) is 10.2 Å². The summed E-state index contributed by atoms with van der Waals surface area (Å²) in [5, 5.41) is 9.41. The summed E-state index contributed by atoms with van der Waals surface area (Å²) in [6.07, 6.45) is 4.58. The standard InChI is InChI=1S/C19H19F2N3/c1-4-9-24-13(3)12(2)16-11-22-23-18(19(16)24)8-6-14-5-7-15(20)10-17(14)21/h4-5,7,10-11H,1,6,8-9H2,2-3H3. The average molecular weight is 327 g/mol. The van der Waals surface area contributed by atoms with Gasteiger partial charge < -0.3 is 4.57 Å². The van der Waals surface area contributed by atoms with Crippen molar-refractivity contribution in [1.82, 2.24) is 14.8 Å². The molecule has 0 aliphatic heterocycles. The zero-order chi connectivity index (χ0) is 17.3. The zero-order valence-electron chi connectivity index (χ0n) is 13.8. The predicted molar refractivity (Wildman–Crippen MR) is 91.0 cm³/mol.